The number of carbonyl (C=O) groups is 1. The van der Waals surface area contributed by atoms with Gasteiger partial charge in [-0.05, 0) is 46.8 Å². The van der Waals surface area contributed by atoms with Gasteiger partial charge < -0.3 is 14.8 Å². The first-order valence-electron chi connectivity index (χ1n) is 8.94. The van der Waals surface area contributed by atoms with Crippen LogP contribution in [0.25, 0.3) is 0 Å². The minimum Gasteiger partial charge on any atom is -0.481 e. The lowest BCUT2D eigenvalue weighted by atomic mass is 9.78. The molecule has 2 aromatic rings. The molecule has 150 valence electrons. The van der Waals surface area contributed by atoms with E-state index >= 15 is 0 Å². The minimum absolute atomic E-state index is 0.187. The molecule has 0 saturated heterocycles. The summed E-state index contributed by atoms with van der Waals surface area (Å²) in [7, 11) is 3.36. The van der Waals surface area contributed by atoms with Crippen molar-refractivity contribution >= 4 is 6.09 Å². The minimum atomic E-state index is -0.798. The smallest absolute Gasteiger partial charge is 0.407 e. The maximum absolute atomic E-state index is 12.3. The third-order valence-electron chi connectivity index (χ3n) is 4.33. The van der Waals surface area contributed by atoms with Gasteiger partial charge in [0.15, 0.2) is 0 Å². The van der Waals surface area contributed by atoms with Gasteiger partial charge in [0.1, 0.15) is 17.4 Å². The lowest BCUT2D eigenvalue weighted by molar-refractivity contribution is 0.0519. The van der Waals surface area contributed by atoms with Crippen molar-refractivity contribution in [3.63, 3.8) is 0 Å². The van der Waals surface area contributed by atoms with Crippen LogP contribution < -0.4 is 10.1 Å². The second-order valence-electron chi connectivity index (χ2n) is 7.80. The second-order valence-corrected chi connectivity index (χ2v) is 7.80. The molecule has 1 atom stereocenters. The number of nitrogens with one attached hydrogen (secondary N) is 1. The van der Waals surface area contributed by atoms with Gasteiger partial charge in [-0.1, -0.05) is 6.07 Å². The van der Waals surface area contributed by atoms with Crippen molar-refractivity contribution in [3.8, 4) is 11.9 Å². The Hall–Kier alpha value is -3.08. The van der Waals surface area contributed by atoms with Crippen LogP contribution in [0, 0.1) is 18.3 Å². The summed E-state index contributed by atoms with van der Waals surface area (Å²) in [6.45, 7) is 9.40. The lowest BCUT2D eigenvalue weighted by Gasteiger charge is -2.31. The normalized spacial score (nSPS) is 13.4. The van der Waals surface area contributed by atoms with E-state index in [0.717, 1.165) is 11.3 Å². The lowest BCUT2D eigenvalue weighted by Crippen LogP contribution is -2.42. The number of carbonyl (C=O) groups excluding carboxylic acids is 1. The van der Waals surface area contributed by atoms with Gasteiger partial charge in [0, 0.05) is 13.6 Å². The van der Waals surface area contributed by atoms with Crippen LogP contribution in [0.1, 0.15) is 50.3 Å². The largest absolute Gasteiger partial charge is 0.481 e. The van der Waals surface area contributed by atoms with Gasteiger partial charge in [0.2, 0.25) is 5.88 Å². The first kappa shape index (κ1) is 21.2. The van der Waals surface area contributed by atoms with Crippen LogP contribution in [0.2, 0.25) is 0 Å². The van der Waals surface area contributed by atoms with E-state index in [0.29, 0.717) is 17.3 Å². The molecule has 2 rings (SSSR count). The molecule has 0 fully saturated rings. The number of nitrogens with zero attached hydrogens (tertiary/aromatic N) is 4. The highest BCUT2D eigenvalue weighted by molar-refractivity contribution is 5.68. The van der Waals surface area contributed by atoms with E-state index in [9.17, 15) is 10.1 Å². The topological polar surface area (TPSA) is 102 Å². The number of rotatable bonds is 5. The zero-order chi connectivity index (χ0) is 21.1. The highest BCUT2D eigenvalue weighted by atomic mass is 16.6. The number of hydrogen-bond acceptors (Lipinski definition) is 6. The van der Waals surface area contributed by atoms with Crippen molar-refractivity contribution in [1.29, 1.82) is 5.26 Å². The molecule has 0 aromatic carbocycles. The molecule has 0 saturated carbocycles. The number of ether oxygens (including phenoxy) is 2. The predicted octanol–water partition coefficient (Wildman–Crippen LogP) is 2.83. The van der Waals surface area contributed by atoms with Crippen LogP contribution in [-0.4, -0.2) is 40.1 Å². The molecule has 2 aromatic heterocycles. The Morgan fingerprint density at radius 3 is 2.57 bits per heavy atom. The van der Waals surface area contributed by atoms with Gasteiger partial charge in [0.05, 0.1) is 29.5 Å². The van der Waals surface area contributed by atoms with Crippen LogP contribution in [0.4, 0.5) is 4.79 Å². The fourth-order valence-electron chi connectivity index (χ4n) is 3.18. The Balaban J connectivity index is 2.53. The van der Waals surface area contributed by atoms with Gasteiger partial charge in [-0.3, -0.25) is 0 Å². The Bertz CT molecular complexity index is 908. The zero-order valence-corrected chi connectivity index (χ0v) is 17.5. The number of methoxy groups -OCH3 is 1. The molecule has 0 bridgehead atoms. The first-order valence-corrected chi connectivity index (χ1v) is 8.94. The van der Waals surface area contributed by atoms with Crippen LogP contribution in [0.15, 0.2) is 18.2 Å². The van der Waals surface area contributed by atoms with Crippen molar-refractivity contribution < 1.29 is 14.3 Å². The van der Waals surface area contributed by atoms with Gasteiger partial charge >= 0.3 is 6.09 Å². The third-order valence-corrected chi connectivity index (χ3v) is 4.33. The average molecular weight is 385 g/mol. The number of aryl methyl sites for hydroxylation is 2. The quantitative estimate of drug-likeness (QED) is 0.849. The van der Waals surface area contributed by atoms with Gasteiger partial charge in [-0.2, -0.15) is 10.4 Å². The predicted molar refractivity (Wildman–Crippen MR) is 104 cm³/mol. The van der Waals surface area contributed by atoms with Crippen molar-refractivity contribution in [2.45, 2.75) is 45.6 Å². The number of aromatic nitrogens is 3. The Labute approximate surface area is 165 Å². The Morgan fingerprint density at radius 2 is 2.00 bits per heavy atom. The first-order chi connectivity index (χ1) is 13.0. The maximum atomic E-state index is 12.3. The maximum Gasteiger partial charge on any atom is 0.407 e. The van der Waals surface area contributed by atoms with Gasteiger partial charge in [0.25, 0.3) is 0 Å². The van der Waals surface area contributed by atoms with E-state index in [1.54, 1.807) is 51.7 Å². The third kappa shape index (κ3) is 4.42. The van der Waals surface area contributed by atoms with E-state index in [1.807, 2.05) is 19.9 Å². The number of pyridine rings is 1. The summed E-state index contributed by atoms with van der Waals surface area (Å²) >= 11 is 0. The van der Waals surface area contributed by atoms with Crippen molar-refractivity contribution in [1.82, 2.24) is 20.1 Å². The summed E-state index contributed by atoms with van der Waals surface area (Å²) in [5, 5.41) is 16.5. The summed E-state index contributed by atoms with van der Waals surface area (Å²) in [4.78, 5) is 16.7. The molecule has 0 aliphatic rings. The number of hydrogen-bond donors (Lipinski definition) is 1. The number of amides is 1. The van der Waals surface area contributed by atoms with Crippen LogP contribution >= 0.6 is 0 Å². The summed E-state index contributed by atoms with van der Waals surface area (Å²) in [6.07, 6.45) is -0.532. The molecule has 0 spiro atoms. The summed E-state index contributed by atoms with van der Waals surface area (Å²) in [6, 6.07) is 7.29. The molecule has 0 aliphatic carbocycles. The molecular weight excluding hydrogens is 358 g/mol. The zero-order valence-electron chi connectivity index (χ0n) is 17.5. The van der Waals surface area contributed by atoms with Crippen molar-refractivity contribution in [2.24, 2.45) is 7.05 Å². The molecule has 0 aliphatic heterocycles. The average Bonchev–Trinajstić information content (AvgIpc) is 2.92. The molecule has 8 heteroatoms. The van der Waals surface area contributed by atoms with E-state index < -0.39 is 17.1 Å². The monoisotopic (exact) mass is 385 g/mol. The van der Waals surface area contributed by atoms with Gasteiger partial charge in [-0.25, -0.2) is 14.5 Å². The molecule has 1 N–H and O–H groups in total. The highest BCUT2D eigenvalue weighted by Gasteiger charge is 2.38. The molecule has 1 unspecified atom stereocenters. The highest BCUT2D eigenvalue weighted by Crippen LogP contribution is 2.38. The number of alkyl carbamates (subject to hydrolysis) is 1. The summed E-state index contributed by atoms with van der Waals surface area (Å²) in [5.74, 6) is 0.565. The Morgan fingerprint density at radius 1 is 1.32 bits per heavy atom. The molecule has 28 heavy (non-hydrogen) atoms. The van der Waals surface area contributed by atoms with Crippen LogP contribution in [-0.2, 0) is 17.2 Å². The van der Waals surface area contributed by atoms with Crippen LogP contribution in [0.5, 0.6) is 5.88 Å². The fourth-order valence-corrected chi connectivity index (χ4v) is 3.18. The van der Waals surface area contributed by atoms with E-state index in [1.165, 1.54) is 0 Å². The van der Waals surface area contributed by atoms with Crippen molar-refractivity contribution in [3.05, 3.63) is 40.8 Å². The standard InChI is InChI=1S/C20H27N5O3/c1-13-16(17(27-7)25(6)24-13)20(5,12-22-18(26)28-19(2,3)4)15-10-8-9-14(11-21)23-15/h8-10H,12H2,1-7H3,(H,22,26). The van der Waals surface area contributed by atoms with E-state index in [4.69, 9.17) is 9.47 Å². The summed E-state index contributed by atoms with van der Waals surface area (Å²) in [5.41, 5.74) is 1.04. The molecule has 0 radical (unpaired) electrons. The molecular formula is C20H27N5O3. The van der Waals surface area contributed by atoms with Crippen molar-refractivity contribution in [2.75, 3.05) is 13.7 Å². The molecule has 8 nitrogen and oxygen atoms in total. The SMILES string of the molecule is COc1c(C(C)(CNC(=O)OC(C)(C)C)c2cccc(C#N)n2)c(C)nn1C. The Kier molecular flexibility index (Phi) is 5.98. The second kappa shape index (κ2) is 7.89. The van der Waals surface area contributed by atoms with E-state index in [-0.39, 0.29) is 6.54 Å². The number of nitriles is 1. The van der Waals surface area contributed by atoms with Gasteiger partial charge in [-0.15, -0.1) is 0 Å². The molecule has 2 heterocycles. The molecule has 1 amide bonds. The summed E-state index contributed by atoms with van der Waals surface area (Å²) < 4.78 is 12.6. The van der Waals surface area contributed by atoms with E-state index in [2.05, 4.69) is 21.5 Å². The van der Waals surface area contributed by atoms with Crippen LogP contribution in [0.3, 0.4) is 0 Å². The fraction of sp³-hybridized carbons (Fsp3) is 0.500.